The zero-order valence-electron chi connectivity index (χ0n) is 67.9. The quantitative estimate of drug-likeness (QED) is 0.114. The van der Waals surface area contributed by atoms with Gasteiger partial charge in [0.25, 0.3) is 26.9 Å². The minimum absolute atomic E-state index is 0.0306. The summed E-state index contributed by atoms with van der Waals surface area (Å²) >= 11 is 0. The van der Waals surface area contributed by atoms with Crippen molar-refractivity contribution in [3.63, 3.8) is 0 Å². The first-order valence-corrected chi connectivity index (χ1v) is 41.4. The summed E-state index contributed by atoms with van der Waals surface area (Å²) in [6.07, 6.45) is 1.41. The third kappa shape index (κ3) is 11.5. The third-order valence-corrected chi connectivity index (χ3v) is 25.3. The summed E-state index contributed by atoms with van der Waals surface area (Å²) < 4.78 is 156. The number of hydrogen-bond acceptors (Lipinski definition) is 16. The lowest BCUT2D eigenvalue weighted by Crippen LogP contribution is -2.59. The number of nitriles is 1. The van der Waals surface area contributed by atoms with Crippen molar-refractivity contribution >= 4 is 92.4 Å². The van der Waals surface area contributed by atoms with Crippen LogP contribution in [0.5, 0.6) is 138 Å². The molecular weight excluding hydrogens is 1610 g/mol. The molecule has 15 aromatic rings. The fourth-order valence-corrected chi connectivity index (χ4v) is 19.4. The topological polar surface area (TPSA) is 173 Å². The Labute approximate surface area is 718 Å². The van der Waals surface area contributed by atoms with Gasteiger partial charge in [-0.2, -0.15) is 31.6 Å². The van der Waals surface area contributed by atoms with E-state index in [-0.39, 0.29) is 43.1 Å². The highest BCUT2D eigenvalue weighted by Crippen LogP contribution is 2.53. The second-order valence-corrected chi connectivity index (χ2v) is 33.8. The Hall–Kier alpha value is -15.0. The van der Waals surface area contributed by atoms with E-state index in [1.807, 2.05) is 78.9 Å². The number of aryl methyl sites for hydroxylation is 1. The molecule has 12 aliphatic heterocycles. The number of hydrogen-bond donors (Lipinski definition) is 0. The first-order valence-electron chi connectivity index (χ1n) is 41.4. The Morgan fingerprint density at radius 2 is 0.484 bits per heavy atom. The van der Waals surface area contributed by atoms with Crippen molar-refractivity contribution in [2.45, 2.75) is 78.6 Å². The van der Waals surface area contributed by atoms with E-state index >= 15 is 0 Å². The van der Waals surface area contributed by atoms with E-state index in [0.29, 0.717) is 62.5 Å². The zero-order chi connectivity index (χ0) is 85.5. The van der Waals surface area contributed by atoms with Crippen LogP contribution in [-0.4, -0.2) is 41.8 Å². The van der Waals surface area contributed by atoms with E-state index in [4.69, 9.17) is 56.8 Å². The maximum atomic E-state index is 13.5. The van der Waals surface area contributed by atoms with Gasteiger partial charge >= 0.3 is 12.4 Å². The molecular formula is C100H62B4F6N4O12. The maximum absolute atomic E-state index is 13.5. The Morgan fingerprint density at radius 3 is 0.746 bits per heavy atom. The van der Waals surface area contributed by atoms with Crippen LogP contribution in [0.2, 0.25) is 0 Å². The smallest absolute Gasteiger partial charge is 0.416 e. The third-order valence-electron chi connectivity index (χ3n) is 25.3. The van der Waals surface area contributed by atoms with Crippen molar-refractivity contribution in [2.75, 3.05) is 0 Å². The lowest BCUT2D eigenvalue weighted by molar-refractivity contribution is -0.138. The van der Waals surface area contributed by atoms with Gasteiger partial charge in [0.15, 0.2) is 0 Å². The maximum Gasteiger partial charge on any atom is 0.416 e. The molecule has 0 aliphatic carbocycles. The number of ether oxygens (including phenoxy) is 12. The molecule has 0 amide bonds. The van der Waals surface area contributed by atoms with Crippen LogP contribution in [0.1, 0.15) is 98.2 Å². The molecule has 3 aromatic heterocycles. The summed E-state index contributed by atoms with van der Waals surface area (Å²) in [7, 11) is 0. The molecule has 0 saturated carbocycles. The first kappa shape index (κ1) is 74.8. The molecule has 15 heterocycles. The average Bonchev–Trinajstić information content (AvgIpc) is 0.708. The number of alkyl halides is 6. The summed E-state index contributed by atoms with van der Waals surface area (Å²) in [5.74, 6) is 16.0. The lowest BCUT2D eigenvalue weighted by atomic mass is 9.33. The highest BCUT2D eigenvalue weighted by molar-refractivity contribution is 7.02. The molecule has 0 radical (unpaired) electrons. The van der Waals surface area contributed by atoms with E-state index in [1.54, 1.807) is 62.3 Å². The van der Waals surface area contributed by atoms with E-state index in [2.05, 4.69) is 135 Å². The number of aromatic nitrogens is 3. The normalized spacial score (nSPS) is 14.0. The monoisotopic (exact) mass is 1670 g/mol. The molecule has 27 rings (SSSR count). The minimum Gasteiger partial charge on any atom is -0.458 e. The van der Waals surface area contributed by atoms with Gasteiger partial charge in [-0.1, -0.05) is 53.7 Å². The summed E-state index contributed by atoms with van der Waals surface area (Å²) in [4.78, 5) is 12.6. The van der Waals surface area contributed by atoms with Crippen molar-refractivity contribution in [3.05, 3.63) is 270 Å². The van der Waals surface area contributed by atoms with Gasteiger partial charge in [0.1, 0.15) is 144 Å². The molecule has 0 saturated heterocycles. The molecule has 0 bridgehead atoms. The van der Waals surface area contributed by atoms with Crippen LogP contribution in [0.25, 0.3) is 33.4 Å². The van der Waals surface area contributed by atoms with Gasteiger partial charge in [0, 0.05) is 103 Å². The molecule has 0 N–H and O–H groups in total. The molecule has 12 aromatic carbocycles. The fourth-order valence-electron chi connectivity index (χ4n) is 19.4. The largest absolute Gasteiger partial charge is 0.458 e. The van der Waals surface area contributed by atoms with Crippen LogP contribution in [-0.2, 0) is 12.4 Å². The number of nitrogens with zero attached hydrogens (tertiary/aromatic N) is 4. The van der Waals surface area contributed by atoms with Crippen molar-refractivity contribution < 1.29 is 83.2 Å². The van der Waals surface area contributed by atoms with Gasteiger partial charge in [0.05, 0.1) is 16.7 Å². The highest BCUT2D eigenvalue weighted by atomic mass is 19.4. The number of benzene rings is 12. The molecule has 0 atom stereocenters. The Kier molecular flexibility index (Phi) is 16.2. The van der Waals surface area contributed by atoms with Gasteiger partial charge in [-0.3, -0.25) is 15.0 Å². The summed E-state index contributed by atoms with van der Waals surface area (Å²) in [5.41, 5.74) is 19.6. The highest BCUT2D eigenvalue weighted by Gasteiger charge is 2.54. The van der Waals surface area contributed by atoms with Crippen LogP contribution in [0, 0.1) is 18.3 Å². The standard InChI is InChI=1S/C33H18BN3O3.C27H27BO3.C21H9BF6O3.C19H8BNO3/c1-7-35-8-2-19(1)22-13-25-31-26(14-22)39-28-16-24(21-5-11-37-12-6-21)18-30-33(28)34(31)32-27(38-25)15-23(17-29(32)40-30)20-3-9-36-10-4-20;1-13(2)16-7-19-25-20(8-16)30-22-10-18(15(5)6)12-24-27(22)28(25)26-21(29-19)9-17(14(3)4)11-23(26)31-24;1-8-2-11-17-12(3-8)30-14-5-10(21(26,27)28)7-16-19(14)22(17)18-13(29-11)4-9(20(23,24)25)6-15(18)31-16;21-9-10-7-8-15-18-19(10)24-14-6-2-5-13-17(14)20(18)16-11(22-13)3-1-4-12(16)23-15/h1-18H;7-15H,1-6H3;2-7H,1H3;1-8H. The molecule has 0 fully saturated rings. The minimum atomic E-state index is -4.69. The van der Waals surface area contributed by atoms with Gasteiger partial charge in [-0.05, 0) is 262 Å². The van der Waals surface area contributed by atoms with Crippen LogP contribution in [0.15, 0.2) is 231 Å². The summed E-state index contributed by atoms with van der Waals surface area (Å²) in [5, 5.41) is 9.48. The number of pyridine rings is 3. The van der Waals surface area contributed by atoms with Crippen LogP contribution < -0.4 is 122 Å². The molecule has 0 unspecified atom stereocenters. The van der Waals surface area contributed by atoms with E-state index in [9.17, 15) is 31.6 Å². The van der Waals surface area contributed by atoms with Crippen LogP contribution in [0.3, 0.4) is 0 Å². The van der Waals surface area contributed by atoms with Crippen molar-refractivity contribution in [1.82, 2.24) is 15.0 Å². The van der Waals surface area contributed by atoms with Crippen molar-refractivity contribution in [1.29, 1.82) is 5.26 Å². The molecule has 26 heteroatoms. The Morgan fingerprint density at radius 1 is 0.262 bits per heavy atom. The van der Waals surface area contributed by atoms with Gasteiger partial charge in [0.2, 0.25) is 0 Å². The van der Waals surface area contributed by atoms with Gasteiger partial charge in [-0.25, -0.2) is 0 Å². The Balaban J connectivity index is 0.0000000954. The van der Waals surface area contributed by atoms with E-state index in [0.717, 1.165) is 205 Å². The second-order valence-electron chi connectivity index (χ2n) is 33.8. The van der Waals surface area contributed by atoms with Crippen molar-refractivity contribution in [3.8, 4) is 177 Å². The van der Waals surface area contributed by atoms with Gasteiger partial charge < -0.3 is 56.8 Å². The number of halogens is 6. The predicted molar refractivity (Wildman–Crippen MR) is 468 cm³/mol. The summed E-state index contributed by atoms with van der Waals surface area (Å²) in [6.45, 7) is 14.3. The van der Waals surface area contributed by atoms with E-state index in [1.165, 1.54) is 16.7 Å². The molecule has 126 heavy (non-hydrogen) atoms. The second kappa shape index (κ2) is 27.3. The van der Waals surface area contributed by atoms with Crippen LogP contribution in [0.4, 0.5) is 26.3 Å². The lowest BCUT2D eigenvalue weighted by Gasteiger charge is -2.38. The van der Waals surface area contributed by atoms with Gasteiger partial charge in [-0.15, -0.1) is 0 Å². The van der Waals surface area contributed by atoms with E-state index < -0.39 is 30.2 Å². The van der Waals surface area contributed by atoms with Crippen molar-refractivity contribution in [2.24, 2.45) is 0 Å². The predicted octanol–water partition coefficient (Wildman–Crippen LogP) is 18.9. The number of rotatable bonds is 6. The summed E-state index contributed by atoms with van der Waals surface area (Å²) in [6, 6.07) is 61.9. The molecule has 608 valence electrons. The zero-order valence-corrected chi connectivity index (χ0v) is 67.9. The first-order chi connectivity index (χ1) is 61.0. The SMILES string of the molecule is CC(C)c1cc2c3c(c1)Oc1cc(C(C)C)cc4c1B3c1c(cc(C(C)C)cc1O4)O2.Cc1cc2c3c(c1)Oc1cc(C(F)(F)F)cc4c1B3c1c(cc(C(F)(F)F)cc1O4)O2.N#Cc1ccc2c3c1Oc1cccc4c1B3c1c(cccc1O2)O4.c1cc(-c2cc3c4c(c2)Oc2cc(-c5ccncc5)cc5c2B4c2c(cc(-c4ccncc4)cc2O5)O3)ccn1. The molecule has 0 spiro atoms. The average molecular weight is 1670 g/mol. The molecule has 12 aliphatic rings. The fraction of sp³-hybridized carbons (Fsp3) is 0.120. The van der Waals surface area contributed by atoms with Crippen LogP contribution >= 0.6 is 0 Å². The Bertz CT molecular complexity index is 6740. The molecule has 16 nitrogen and oxygen atoms in total.